The molecule has 12 heavy (non-hydrogen) atoms. The van der Waals surface area contributed by atoms with Crippen LogP contribution >= 0.6 is 11.8 Å². The summed E-state index contributed by atoms with van der Waals surface area (Å²) in [6, 6.07) is 0. The van der Waals surface area contributed by atoms with Gasteiger partial charge in [0.15, 0.2) is 0 Å². The maximum atomic E-state index is 3.90. The first-order chi connectivity index (χ1) is 5.77. The van der Waals surface area contributed by atoms with Crippen LogP contribution in [-0.4, -0.2) is 11.5 Å². The molecular weight excluding hydrogens is 164 g/mol. The maximum absolute atomic E-state index is 3.90. The molecule has 0 radical (unpaired) electrons. The Kier molecular flexibility index (Phi) is 9.25. The van der Waals surface area contributed by atoms with Crippen LogP contribution < -0.4 is 0 Å². The van der Waals surface area contributed by atoms with E-state index in [0.717, 1.165) is 0 Å². The molecule has 0 unspecified atom stereocenters. The van der Waals surface area contributed by atoms with Crippen LogP contribution in [-0.2, 0) is 0 Å². The van der Waals surface area contributed by atoms with E-state index in [4.69, 9.17) is 0 Å². The predicted molar refractivity (Wildman–Crippen MR) is 60.9 cm³/mol. The molecule has 0 saturated carbocycles. The lowest BCUT2D eigenvalue weighted by molar-refractivity contribution is 0.719. The molecular formula is C11H22S. The fourth-order valence-electron chi connectivity index (χ4n) is 1.05. The molecule has 0 aliphatic carbocycles. The van der Waals surface area contributed by atoms with Gasteiger partial charge in [-0.15, -0.1) is 6.58 Å². The van der Waals surface area contributed by atoms with Gasteiger partial charge in [-0.2, -0.15) is 11.8 Å². The number of unbranched alkanes of at least 4 members (excludes halogenated alkanes) is 2. The van der Waals surface area contributed by atoms with Crippen molar-refractivity contribution in [2.75, 3.05) is 11.5 Å². The molecule has 1 heteroatoms. The average molecular weight is 186 g/mol. The molecule has 0 aromatic carbocycles. The molecule has 0 aliphatic heterocycles. The van der Waals surface area contributed by atoms with Crippen molar-refractivity contribution < 1.29 is 0 Å². The van der Waals surface area contributed by atoms with Crippen molar-refractivity contribution in [3.8, 4) is 0 Å². The normalized spacial score (nSPS) is 10.2. The maximum Gasteiger partial charge on any atom is -0.00675 e. The molecule has 0 heterocycles. The average Bonchev–Trinajstić information content (AvgIpc) is 2.02. The lowest BCUT2D eigenvalue weighted by atomic mass is 10.1. The summed E-state index contributed by atoms with van der Waals surface area (Å²) >= 11 is 2.09. The van der Waals surface area contributed by atoms with E-state index in [0.29, 0.717) is 0 Å². The molecule has 0 amide bonds. The summed E-state index contributed by atoms with van der Waals surface area (Å²) in [5.74, 6) is 2.69. The SMILES string of the molecule is C=C(C)CCCCCSCCC. The molecule has 0 aromatic heterocycles. The summed E-state index contributed by atoms with van der Waals surface area (Å²) in [6.07, 6.45) is 6.64. The molecule has 0 aliphatic rings. The minimum absolute atomic E-state index is 1.22. The predicted octanol–water partition coefficient (Wildman–Crippen LogP) is 4.27. The fraction of sp³-hybridized carbons (Fsp3) is 0.818. The van der Waals surface area contributed by atoms with Crippen LogP contribution in [0.4, 0.5) is 0 Å². The topological polar surface area (TPSA) is 0 Å². The van der Waals surface area contributed by atoms with Crippen molar-refractivity contribution in [2.45, 2.75) is 46.0 Å². The molecule has 0 bridgehead atoms. The summed E-state index contributed by atoms with van der Waals surface area (Å²) in [6.45, 7) is 8.26. The molecule has 72 valence electrons. The van der Waals surface area contributed by atoms with E-state index in [1.165, 1.54) is 49.2 Å². The number of hydrogen-bond acceptors (Lipinski definition) is 1. The van der Waals surface area contributed by atoms with Gasteiger partial charge in [-0.25, -0.2) is 0 Å². The second-order valence-corrected chi connectivity index (χ2v) is 4.60. The second-order valence-electron chi connectivity index (χ2n) is 3.38. The van der Waals surface area contributed by atoms with Gasteiger partial charge < -0.3 is 0 Å². The van der Waals surface area contributed by atoms with Gasteiger partial charge in [-0.05, 0) is 44.1 Å². The van der Waals surface area contributed by atoms with Crippen LogP contribution in [0, 0.1) is 0 Å². The Morgan fingerprint density at radius 3 is 2.50 bits per heavy atom. The summed E-state index contributed by atoms with van der Waals surface area (Å²) in [5, 5.41) is 0. The Labute approximate surface area is 81.8 Å². The first-order valence-corrected chi connectivity index (χ1v) is 6.15. The van der Waals surface area contributed by atoms with Gasteiger partial charge in [0.1, 0.15) is 0 Å². The molecule has 0 N–H and O–H groups in total. The van der Waals surface area contributed by atoms with Crippen LogP contribution in [0.2, 0.25) is 0 Å². The minimum atomic E-state index is 1.22. The van der Waals surface area contributed by atoms with E-state index in [2.05, 4.69) is 32.2 Å². The monoisotopic (exact) mass is 186 g/mol. The van der Waals surface area contributed by atoms with E-state index in [1.54, 1.807) is 0 Å². The quantitative estimate of drug-likeness (QED) is 0.403. The third-order valence-corrected chi connectivity index (χ3v) is 3.01. The van der Waals surface area contributed by atoms with Crippen molar-refractivity contribution in [3.63, 3.8) is 0 Å². The Morgan fingerprint density at radius 2 is 1.92 bits per heavy atom. The van der Waals surface area contributed by atoms with Crippen molar-refractivity contribution in [2.24, 2.45) is 0 Å². The third-order valence-electron chi connectivity index (χ3n) is 1.74. The highest BCUT2D eigenvalue weighted by Gasteiger charge is 1.90. The van der Waals surface area contributed by atoms with Crippen LogP contribution in [0.3, 0.4) is 0 Å². The van der Waals surface area contributed by atoms with Gasteiger partial charge in [0.2, 0.25) is 0 Å². The van der Waals surface area contributed by atoms with Gasteiger partial charge in [0, 0.05) is 0 Å². The van der Waals surface area contributed by atoms with Crippen molar-refractivity contribution >= 4 is 11.8 Å². The third kappa shape index (κ3) is 10.1. The number of rotatable bonds is 8. The zero-order chi connectivity index (χ0) is 9.23. The molecule has 0 aromatic rings. The summed E-state index contributed by atoms with van der Waals surface area (Å²) in [5.41, 5.74) is 1.33. The lowest BCUT2D eigenvalue weighted by Gasteiger charge is -2.00. The van der Waals surface area contributed by atoms with E-state index >= 15 is 0 Å². The van der Waals surface area contributed by atoms with Gasteiger partial charge in [0.25, 0.3) is 0 Å². The van der Waals surface area contributed by atoms with Crippen LogP contribution in [0.25, 0.3) is 0 Å². The van der Waals surface area contributed by atoms with Crippen molar-refractivity contribution in [1.82, 2.24) is 0 Å². The molecule has 0 saturated heterocycles. The second kappa shape index (κ2) is 9.18. The molecule has 0 spiro atoms. The van der Waals surface area contributed by atoms with Crippen LogP contribution in [0.5, 0.6) is 0 Å². The zero-order valence-electron chi connectivity index (χ0n) is 8.57. The molecule has 0 nitrogen and oxygen atoms in total. The Balaban J connectivity index is 2.86. The minimum Gasteiger partial charge on any atom is -0.162 e. The first-order valence-electron chi connectivity index (χ1n) is 4.99. The molecule has 0 atom stereocenters. The van der Waals surface area contributed by atoms with E-state index in [9.17, 15) is 0 Å². The Bertz CT molecular complexity index is 108. The summed E-state index contributed by atoms with van der Waals surface area (Å²) < 4.78 is 0. The van der Waals surface area contributed by atoms with Crippen molar-refractivity contribution in [1.29, 1.82) is 0 Å². The summed E-state index contributed by atoms with van der Waals surface area (Å²) in [7, 11) is 0. The highest BCUT2D eigenvalue weighted by Crippen LogP contribution is 2.10. The number of thioether (sulfide) groups is 1. The highest BCUT2D eigenvalue weighted by molar-refractivity contribution is 7.99. The highest BCUT2D eigenvalue weighted by atomic mass is 32.2. The van der Waals surface area contributed by atoms with Gasteiger partial charge in [-0.3, -0.25) is 0 Å². The zero-order valence-corrected chi connectivity index (χ0v) is 9.38. The number of hydrogen-bond donors (Lipinski definition) is 0. The molecule has 0 rings (SSSR count). The van der Waals surface area contributed by atoms with Crippen molar-refractivity contribution in [3.05, 3.63) is 12.2 Å². The van der Waals surface area contributed by atoms with E-state index in [1.807, 2.05) is 0 Å². The van der Waals surface area contributed by atoms with Gasteiger partial charge in [0.05, 0.1) is 0 Å². The summed E-state index contributed by atoms with van der Waals surface area (Å²) in [4.78, 5) is 0. The van der Waals surface area contributed by atoms with Gasteiger partial charge >= 0.3 is 0 Å². The Morgan fingerprint density at radius 1 is 1.17 bits per heavy atom. The van der Waals surface area contributed by atoms with E-state index in [-0.39, 0.29) is 0 Å². The van der Waals surface area contributed by atoms with Crippen LogP contribution in [0.15, 0.2) is 12.2 Å². The first kappa shape index (κ1) is 12.1. The van der Waals surface area contributed by atoms with Gasteiger partial charge in [-0.1, -0.05) is 18.9 Å². The van der Waals surface area contributed by atoms with E-state index < -0.39 is 0 Å². The Hall–Kier alpha value is 0.0900. The standard InChI is InChI=1S/C11H22S/c1-4-9-12-10-7-5-6-8-11(2)3/h2,4-10H2,1,3H3. The number of allylic oxidation sites excluding steroid dienone is 1. The largest absolute Gasteiger partial charge is 0.162 e. The van der Waals surface area contributed by atoms with Crippen LogP contribution in [0.1, 0.15) is 46.0 Å². The smallest absolute Gasteiger partial charge is 0.00675 e. The lowest BCUT2D eigenvalue weighted by Crippen LogP contribution is -1.84. The molecule has 0 fully saturated rings. The fourth-order valence-corrected chi connectivity index (χ4v) is 1.96.